The molecular weight excluding hydrogens is 226 g/mol. The van der Waals surface area contributed by atoms with E-state index in [1.54, 1.807) is 6.33 Å². The summed E-state index contributed by atoms with van der Waals surface area (Å²) in [6.45, 7) is 1.97. The van der Waals surface area contributed by atoms with Crippen molar-refractivity contribution in [3.8, 4) is 17.2 Å². The van der Waals surface area contributed by atoms with Crippen molar-refractivity contribution in [3.05, 3.63) is 48.4 Å². The van der Waals surface area contributed by atoms with E-state index in [1.807, 2.05) is 59.6 Å². The molecule has 0 unspecified atom stereocenters. The van der Waals surface area contributed by atoms with Crippen LogP contribution in [0.3, 0.4) is 0 Å². The van der Waals surface area contributed by atoms with Gasteiger partial charge in [0.1, 0.15) is 12.0 Å². The van der Waals surface area contributed by atoms with E-state index in [-0.39, 0.29) is 0 Å². The highest BCUT2D eigenvalue weighted by molar-refractivity contribution is 5.54. The molecule has 5 heteroatoms. The van der Waals surface area contributed by atoms with E-state index >= 15 is 0 Å². The fraction of sp³-hybridized carbons (Fsp3) is 0.154. The van der Waals surface area contributed by atoms with Gasteiger partial charge < -0.3 is 0 Å². The second-order valence-corrected chi connectivity index (χ2v) is 4.15. The molecule has 18 heavy (non-hydrogen) atoms. The van der Waals surface area contributed by atoms with Crippen LogP contribution >= 0.6 is 0 Å². The zero-order valence-corrected chi connectivity index (χ0v) is 10.3. The van der Waals surface area contributed by atoms with E-state index in [9.17, 15) is 0 Å². The van der Waals surface area contributed by atoms with E-state index in [4.69, 9.17) is 0 Å². The van der Waals surface area contributed by atoms with Crippen LogP contribution in [0.15, 0.2) is 42.7 Å². The maximum Gasteiger partial charge on any atom is 0.186 e. The Hall–Kier alpha value is -2.43. The molecule has 0 aliphatic carbocycles. The van der Waals surface area contributed by atoms with Gasteiger partial charge in [0.2, 0.25) is 0 Å². The zero-order valence-electron chi connectivity index (χ0n) is 10.3. The number of hydrogen-bond acceptors (Lipinski definition) is 3. The van der Waals surface area contributed by atoms with Crippen molar-refractivity contribution in [2.24, 2.45) is 7.05 Å². The Bertz CT molecular complexity index is 666. The van der Waals surface area contributed by atoms with Crippen molar-refractivity contribution in [2.45, 2.75) is 6.92 Å². The molecule has 0 saturated carbocycles. The number of rotatable bonds is 2. The molecule has 0 bridgehead atoms. The van der Waals surface area contributed by atoms with Crippen LogP contribution in [0.4, 0.5) is 0 Å². The van der Waals surface area contributed by atoms with E-state index in [0.717, 1.165) is 22.9 Å². The van der Waals surface area contributed by atoms with Gasteiger partial charge in [-0.25, -0.2) is 0 Å². The Kier molecular flexibility index (Phi) is 2.44. The van der Waals surface area contributed by atoms with Gasteiger partial charge in [0, 0.05) is 12.7 Å². The van der Waals surface area contributed by atoms with Crippen LogP contribution in [0.25, 0.3) is 17.2 Å². The minimum atomic E-state index is 0.796. The van der Waals surface area contributed by atoms with E-state index in [1.165, 1.54) is 0 Å². The molecule has 0 amide bonds. The lowest BCUT2D eigenvalue weighted by Crippen LogP contribution is -2.01. The third-order valence-corrected chi connectivity index (χ3v) is 2.81. The fourth-order valence-electron chi connectivity index (χ4n) is 2.01. The number of nitrogens with zero attached hydrogens (tertiary/aromatic N) is 5. The SMILES string of the molecule is Cc1cc(-c2nncn2-c2ccccc2)n(C)n1. The van der Waals surface area contributed by atoms with E-state index in [0.29, 0.717) is 0 Å². The summed E-state index contributed by atoms with van der Waals surface area (Å²) in [7, 11) is 1.91. The van der Waals surface area contributed by atoms with Crippen molar-refractivity contribution in [1.82, 2.24) is 24.5 Å². The monoisotopic (exact) mass is 239 g/mol. The molecule has 3 aromatic rings. The van der Waals surface area contributed by atoms with Gasteiger partial charge in [-0.3, -0.25) is 9.25 Å². The van der Waals surface area contributed by atoms with Gasteiger partial charge in [-0.15, -0.1) is 10.2 Å². The Morgan fingerprint density at radius 2 is 1.89 bits per heavy atom. The molecule has 2 heterocycles. The third-order valence-electron chi connectivity index (χ3n) is 2.81. The topological polar surface area (TPSA) is 48.5 Å². The fourth-order valence-corrected chi connectivity index (χ4v) is 2.01. The van der Waals surface area contributed by atoms with Gasteiger partial charge in [-0.1, -0.05) is 18.2 Å². The molecule has 0 radical (unpaired) electrons. The molecule has 1 aromatic carbocycles. The molecule has 3 rings (SSSR count). The average molecular weight is 239 g/mol. The number of hydrogen-bond donors (Lipinski definition) is 0. The summed E-state index contributed by atoms with van der Waals surface area (Å²) < 4.78 is 3.77. The average Bonchev–Trinajstić information content (AvgIpc) is 2.96. The van der Waals surface area contributed by atoms with Crippen molar-refractivity contribution in [3.63, 3.8) is 0 Å². The maximum absolute atomic E-state index is 4.34. The van der Waals surface area contributed by atoms with Crippen LogP contribution in [-0.2, 0) is 7.05 Å². The number of para-hydroxylation sites is 1. The standard InChI is InChI=1S/C13H13N5/c1-10-8-12(17(2)16-10)13-15-14-9-18(13)11-6-4-3-5-7-11/h3-9H,1-2H3. The summed E-state index contributed by atoms with van der Waals surface area (Å²) in [5.74, 6) is 0.796. The molecule has 0 aliphatic heterocycles. The molecule has 0 atom stereocenters. The second-order valence-electron chi connectivity index (χ2n) is 4.15. The summed E-state index contributed by atoms with van der Waals surface area (Å²) in [5.41, 5.74) is 2.96. The summed E-state index contributed by atoms with van der Waals surface area (Å²) in [4.78, 5) is 0. The van der Waals surface area contributed by atoms with Crippen LogP contribution < -0.4 is 0 Å². The first-order valence-corrected chi connectivity index (χ1v) is 5.72. The van der Waals surface area contributed by atoms with E-state index in [2.05, 4.69) is 15.3 Å². The summed E-state index contributed by atoms with van der Waals surface area (Å²) in [6.07, 6.45) is 1.72. The van der Waals surface area contributed by atoms with Crippen molar-refractivity contribution < 1.29 is 0 Å². The molecule has 0 aliphatic rings. The minimum absolute atomic E-state index is 0.796. The maximum atomic E-state index is 4.34. The van der Waals surface area contributed by atoms with Crippen molar-refractivity contribution in [2.75, 3.05) is 0 Å². The predicted octanol–water partition coefficient (Wildman–Crippen LogP) is 1.98. The highest BCUT2D eigenvalue weighted by Gasteiger charge is 2.13. The van der Waals surface area contributed by atoms with Crippen LogP contribution in [-0.4, -0.2) is 24.5 Å². The lowest BCUT2D eigenvalue weighted by atomic mass is 10.3. The van der Waals surface area contributed by atoms with E-state index < -0.39 is 0 Å². The highest BCUT2D eigenvalue weighted by Crippen LogP contribution is 2.20. The van der Waals surface area contributed by atoms with Gasteiger partial charge in [0.15, 0.2) is 5.82 Å². The van der Waals surface area contributed by atoms with Gasteiger partial charge >= 0.3 is 0 Å². The first-order chi connectivity index (χ1) is 8.75. The van der Waals surface area contributed by atoms with Crippen LogP contribution in [0.5, 0.6) is 0 Å². The predicted molar refractivity (Wildman–Crippen MR) is 68.3 cm³/mol. The van der Waals surface area contributed by atoms with Gasteiger partial charge in [0.05, 0.1) is 5.69 Å². The van der Waals surface area contributed by atoms with Crippen LogP contribution in [0, 0.1) is 6.92 Å². The van der Waals surface area contributed by atoms with Gasteiger partial charge in [0.25, 0.3) is 0 Å². The first-order valence-electron chi connectivity index (χ1n) is 5.72. The molecule has 0 fully saturated rings. The molecular formula is C13H13N5. The van der Waals surface area contributed by atoms with Crippen LogP contribution in [0.1, 0.15) is 5.69 Å². The molecule has 2 aromatic heterocycles. The number of benzene rings is 1. The number of aromatic nitrogens is 5. The smallest absolute Gasteiger partial charge is 0.186 e. The normalized spacial score (nSPS) is 10.8. The minimum Gasteiger partial charge on any atom is -0.280 e. The number of aryl methyl sites for hydroxylation is 2. The summed E-state index contributed by atoms with van der Waals surface area (Å²) >= 11 is 0. The lowest BCUT2D eigenvalue weighted by molar-refractivity contribution is 0.756. The molecule has 5 nitrogen and oxygen atoms in total. The van der Waals surface area contributed by atoms with Crippen molar-refractivity contribution >= 4 is 0 Å². The Labute approximate surface area is 105 Å². The Balaban J connectivity index is 2.16. The Morgan fingerprint density at radius 3 is 2.56 bits per heavy atom. The van der Waals surface area contributed by atoms with Crippen LogP contribution in [0.2, 0.25) is 0 Å². The third kappa shape index (κ3) is 1.69. The lowest BCUT2D eigenvalue weighted by Gasteiger charge is -2.06. The quantitative estimate of drug-likeness (QED) is 0.687. The largest absolute Gasteiger partial charge is 0.280 e. The summed E-state index contributed by atoms with van der Waals surface area (Å²) in [5, 5.41) is 12.5. The highest BCUT2D eigenvalue weighted by atomic mass is 15.3. The second kappa shape index (κ2) is 4.10. The zero-order chi connectivity index (χ0) is 12.5. The first kappa shape index (κ1) is 10.7. The Morgan fingerprint density at radius 1 is 1.11 bits per heavy atom. The molecule has 0 saturated heterocycles. The van der Waals surface area contributed by atoms with Gasteiger partial charge in [-0.2, -0.15) is 5.10 Å². The molecule has 0 spiro atoms. The van der Waals surface area contributed by atoms with Gasteiger partial charge in [-0.05, 0) is 25.1 Å². The molecule has 0 N–H and O–H groups in total. The van der Waals surface area contributed by atoms with Crippen molar-refractivity contribution in [1.29, 1.82) is 0 Å². The summed E-state index contributed by atoms with van der Waals surface area (Å²) in [6, 6.07) is 12.0. The molecule has 90 valence electrons.